The van der Waals surface area contributed by atoms with Crippen LogP contribution < -0.4 is 0 Å². The fourth-order valence-corrected chi connectivity index (χ4v) is 1.95. The summed E-state index contributed by atoms with van der Waals surface area (Å²) in [5, 5.41) is 19.0. The van der Waals surface area contributed by atoms with Crippen LogP contribution in [-0.2, 0) is 16.0 Å². The van der Waals surface area contributed by atoms with Gasteiger partial charge in [0.15, 0.2) is 0 Å². The Morgan fingerprint density at radius 1 is 1.00 bits per heavy atom. The predicted octanol–water partition coefficient (Wildman–Crippen LogP) is 2.26. The number of hydrogen-bond acceptors (Lipinski definition) is 2. The summed E-state index contributed by atoms with van der Waals surface area (Å²) in [4.78, 5) is 21.7. The molecule has 0 aliphatic carbocycles. The molecule has 0 spiro atoms. The van der Waals surface area contributed by atoms with Gasteiger partial charge in [-0.25, -0.2) is 14.0 Å². The molecule has 2 rings (SSSR count). The zero-order valence-electron chi connectivity index (χ0n) is 9.84. The van der Waals surface area contributed by atoms with Crippen LogP contribution in [0.25, 0.3) is 10.8 Å². The van der Waals surface area contributed by atoms with Gasteiger partial charge in [-0.2, -0.15) is 0 Å². The van der Waals surface area contributed by atoms with Crippen molar-refractivity contribution >= 4 is 22.7 Å². The molecule has 98 valence electrons. The highest BCUT2D eigenvalue weighted by atomic mass is 19.1. The van der Waals surface area contributed by atoms with Gasteiger partial charge in [0, 0.05) is 6.42 Å². The van der Waals surface area contributed by atoms with Gasteiger partial charge in [-0.05, 0) is 16.3 Å². The molecule has 0 saturated carbocycles. The lowest BCUT2D eigenvalue weighted by Crippen LogP contribution is -2.44. The Kier molecular flexibility index (Phi) is 3.21. The summed E-state index contributed by atoms with van der Waals surface area (Å²) in [6, 6.07) is 12.0. The van der Waals surface area contributed by atoms with E-state index in [1.807, 2.05) is 0 Å². The van der Waals surface area contributed by atoms with Crippen LogP contribution in [0.15, 0.2) is 42.5 Å². The number of halogens is 1. The maximum absolute atomic E-state index is 14.1. The maximum Gasteiger partial charge on any atom is 0.353 e. The third-order valence-electron chi connectivity index (χ3n) is 2.99. The maximum atomic E-state index is 14.1. The van der Waals surface area contributed by atoms with Crippen LogP contribution in [0.1, 0.15) is 5.56 Å². The van der Waals surface area contributed by atoms with E-state index in [0.29, 0.717) is 10.9 Å². The van der Waals surface area contributed by atoms with E-state index >= 15 is 0 Å². The number of carbonyl (C=O) groups is 2. The third kappa shape index (κ3) is 2.27. The average Bonchev–Trinajstić information content (AvgIpc) is 2.38. The fourth-order valence-electron chi connectivity index (χ4n) is 1.95. The number of hydrogen-bond donors (Lipinski definition) is 2. The van der Waals surface area contributed by atoms with Gasteiger partial charge in [0.05, 0.1) is 0 Å². The minimum atomic E-state index is -3.32. The quantitative estimate of drug-likeness (QED) is 0.829. The molecule has 4 nitrogen and oxygen atoms in total. The summed E-state index contributed by atoms with van der Waals surface area (Å²) in [6.07, 6.45) is -0.709. The lowest BCUT2D eigenvalue weighted by Gasteiger charge is -2.16. The van der Waals surface area contributed by atoms with E-state index in [2.05, 4.69) is 0 Å². The number of carboxylic acids is 2. The number of rotatable bonds is 4. The van der Waals surface area contributed by atoms with Crippen molar-refractivity contribution in [3.8, 4) is 0 Å². The summed E-state index contributed by atoms with van der Waals surface area (Å²) >= 11 is 0. The van der Waals surface area contributed by atoms with E-state index in [-0.39, 0.29) is 0 Å². The number of carboxylic acid groups (broad SMARTS) is 2. The Hall–Kier alpha value is -2.43. The van der Waals surface area contributed by atoms with Gasteiger partial charge in [0.25, 0.3) is 0 Å². The first-order valence-electron chi connectivity index (χ1n) is 5.57. The molecule has 0 radical (unpaired) electrons. The minimum absolute atomic E-state index is 0.352. The molecule has 0 saturated heterocycles. The first-order chi connectivity index (χ1) is 8.95. The van der Waals surface area contributed by atoms with Gasteiger partial charge in [-0.1, -0.05) is 42.5 Å². The molecule has 2 N–H and O–H groups in total. The van der Waals surface area contributed by atoms with Crippen LogP contribution in [0.5, 0.6) is 0 Å². The van der Waals surface area contributed by atoms with Crippen molar-refractivity contribution in [2.45, 2.75) is 12.1 Å². The number of benzene rings is 2. The fraction of sp³-hybridized carbons (Fsp3) is 0.143. The molecule has 0 bridgehead atoms. The molecule has 0 aliphatic rings. The number of aliphatic carboxylic acids is 2. The summed E-state index contributed by atoms with van der Waals surface area (Å²) in [5.41, 5.74) is -2.96. The van der Waals surface area contributed by atoms with E-state index in [1.54, 1.807) is 36.4 Å². The molecule has 0 aliphatic heterocycles. The molecule has 2 aromatic carbocycles. The van der Waals surface area contributed by atoms with E-state index in [1.165, 1.54) is 6.07 Å². The Labute approximate surface area is 108 Å². The lowest BCUT2D eigenvalue weighted by molar-refractivity contribution is -0.166. The number of fused-ring (bicyclic) bond motifs is 1. The van der Waals surface area contributed by atoms with Crippen LogP contribution in [-0.4, -0.2) is 27.8 Å². The molecule has 0 atom stereocenters. The van der Waals surface area contributed by atoms with Crippen molar-refractivity contribution in [3.05, 3.63) is 48.0 Å². The first-order valence-corrected chi connectivity index (χ1v) is 5.57. The van der Waals surface area contributed by atoms with E-state index < -0.39 is 24.0 Å². The largest absolute Gasteiger partial charge is 0.478 e. The average molecular weight is 262 g/mol. The number of alkyl halides is 1. The van der Waals surface area contributed by atoms with Crippen molar-refractivity contribution in [1.82, 2.24) is 0 Å². The molecular weight excluding hydrogens is 251 g/mol. The monoisotopic (exact) mass is 262 g/mol. The third-order valence-corrected chi connectivity index (χ3v) is 2.99. The Balaban J connectivity index is 2.51. The van der Waals surface area contributed by atoms with Crippen LogP contribution in [0, 0.1) is 0 Å². The first kappa shape index (κ1) is 13.0. The standard InChI is InChI=1S/C14H11FO4/c15-14(12(16)17,13(18)19)8-10-6-3-5-9-4-1-2-7-11(9)10/h1-7H,8H2,(H,16,17)(H,18,19). The second kappa shape index (κ2) is 4.68. The molecule has 0 heterocycles. The Morgan fingerprint density at radius 2 is 1.58 bits per heavy atom. The van der Waals surface area contributed by atoms with E-state index in [4.69, 9.17) is 10.2 Å². The molecule has 0 unspecified atom stereocenters. The second-order valence-electron chi connectivity index (χ2n) is 4.23. The van der Waals surface area contributed by atoms with Crippen LogP contribution in [0.3, 0.4) is 0 Å². The molecule has 0 amide bonds. The molecule has 5 heteroatoms. The predicted molar refractivity (Wildman–Crippen MR) is 66.8 cm³/mol. The van der Waals surface area contributed by atoms with Gasteiger partial charge < -0.3 is 10.2 Å². The van der Waals surface area contributed by atoms with Crippen LogP contribution in [0.4, 0.5) is 4.39 Å². The van der Waals surface area contributed by atoms with Gasteiger partial charge in [0.2, 0.25) is 0 Å². The van der Waals surface area contributed by atoms with Gasteiger partial charge in [-0.3, -0.25) is 0 Å². The highest BCUT2D eigenvalue weighted by molar-refractivity contribution is 6.02. The van der Waals surface area contributed by atoms with Gasteiger partial charge in [-0.15, -0.1) is 0 Å². The van der Waals surface area contributed by atoms with E-state index in [0.717, 1.165) is 5.39 Å². The highest BCUT2D eigenvalue weighted by Gasteiger charge is 2.47. The van der Waals surface area contributed by atoms with Crippen molar-refractivity contribution in [2.75, 3.05) is 0 Å². The van der Waals surface area contributed by atoms with Crippen LogP contribution >= 0.6 is 0 Å². The summed E-state index contributed by atoms with van der Waals surface area (Å²) in [6.45, 7) is 0. The van der Waals surface area contributed by atoms with Crippen molar-refractivity contribution in [1.29, 1.82) is 0 Å². The molecule has 19 heavy (non-hydrogen) atoms. The molecule has 2 aromatic rings. The van der Waals surface area contributed by atoms with Crippen molar-refractivity contribution < 1.29 is 24.2 Å². The zero-order chi connectivity index (χ0) is 14.0. The normalized spacial score (nSPS) is 11.4. The van der Waals surface area contributed by atoms with Crippen molar-refractivity contribution in [3.63, 3.8) is 0 Å². The minimum Gasteiger partial charge on any atom is -0.478 e. The second-order valence-corrected chi connectivity index (χ2v) is 4.23. The SMILES string of the molecule is O=C(O)C(F)(Cc1cccc2ccccc12)C(=O)O. The summed E-state index contributed by atoms with van der Waals surface area (Å²) in [7, 11) is 0. The summed E-state index contributed by atoms with van der Waals surface area (Å²) in [5.74, 6) is -3.99. The van der Waals surface area contributed by atoms with E-state index in [9.17, 15) is 14.0 Å². The highest BCUT2D eigenvalue weighted by Crippen LogP contribution is 2.25. The lowest BCUT2D eigenvalue weighted by atomic mass is 9.93. The molecule has 0 aromatic heterocycles. The van der Waals surface area contributed by atoms with Crippen LogP contribution in [0.2, 0.25) is 0 Å². The molecule has 0 fully saturated rings. The van der Waals surface area contributed by atoms with Gasteiger partial charge >= 0.3 is 17.6 Å². The van der Waals surface area contributed by atoms with Gasteiger partial charge in [0.1, 0.15) is 0 Å². The smallest absolute Gasteiger partial charge is 0.353 e. The Morgan fingerprint density at radius 3 is 2.21 bits per heavy atom. The summed E-state index contributed by atoms with van der Waals surface area (Å²) < 4.78 is 14.1. The zero-order valence-corrected chi connectivity index (χ0v) is 9.84. The Bertz CT molecular complexity index is 631. The van der Waals surface area contributed by atoms with Crippen molar-refractivity contribution in [2.24, 2.45) is 0 Å². The topological polar surface area (TPSA) is 74.6 Å². The molecular formula is C14H11FO4.